The van der Waals surface area contributed by atoms with Crippen LogP contribution in [0.1, 0.15) is 16.8 Å². The van der Waals surface area contributed by atoms with Crippen molar-refractivity contribution in [3.8, 4) is 11.1 Å². The van der Waals surface area contributed by atoms with Crippen molar-refractivity contribution in [3.05, 3.63) is 71.4 Å². The van der Waals surface area contributed by atoms with E-state index >= 15 is 4.39 Å². The number of carbonyl (C=O) groups is 1. The number of carbonyl (C=O) groups excluding carboxylic acids is 1. The smallest absolute Gasteiger partial charge is 0.382 e. The second-order valence-electron chi connectivity index (χ2n) is 9.38. The Morgan fingerprint density at radius 2 is 1.93 bits per heavy atom. The maximum atomic E-state index is 15.3. The van der Waals surface area contributed by atoms with E-state index in [9.17, 15) is 18.0 Å². The molecule has 0 radical (unpaired) electrons. The lowest BCUT2D eigenvalue weighted by Gasteiger charge is -2.26. The second kappa shape index (κ2) is 11.7. The number of halogens is 4. The zero-order valence-electron chi connectivity index (χ0n) is 22.0. The van der Waals surface area contributed by atoms with E-state index in [1.54, 1.807) is 17.7 Å². The van der Waals surface area contributed by atoms with E-state index in [2.05, 4.69) is 25.6 Å². The summed E-state index contributed by atoms with van der Waals surface area (Å²) >= 11 is 0. The number of urea groups is 1. The van der Waals surface area contributed by atoms with Crippen LogP contribution in [-0.4, -0.2) is 58.9 Å². The van der Waals surface area contributed by atoms with Gasteiger partial charge in [-0.15, -0.1) is 0 Å². The number of hydrogen-bond acceptors (Lipinski definition) is 7. The highest BCUT2D eigenvalue weighted by Gasteiger charge is 2.30. The number of hydrogen-bond donors (Lipinski definition) is 3. The average molecular weight is 574 g/mol. The average Bonchev–Trinajstić information content (AvgIpc) is 3.24. The molecule has 2 amide bonds. The first-order chi connectivity index (χ1) is 19.7. The molecule has 5 rings (SSSR count). The van der Waals surface area contributed by atoms with Crippen LogP contribution in [0.3, 0.4) is 0 Å². The van der Waals surface area contributed by atoms with Gasteiger partial charge in [-0.1, -0.05) is 12.1 Å². The maximum Gasteiger partial charge on any atom is 0.416 e. The van der Waals surface area contributed by atoms with Crippen molar-refractivity contribution in [2.75, 3.05) is 49.8 Å². The number of alkyl halides is 3. The third kappa shape index (κ3) is 6.09. The summed E-state index contributed by atoms with van der Waals surface area (Å²) in [5, 5.41) is 9.05. The SMILES string of the molecule is COCc1c(-c2ccc(NC(=O)Nc3cccc(C(F)(F)F)c3)c(F)c2)c2c(N)ncnn2c1CN1CCOCC1. The molecule has 4 aromatic rings. The van der Waals surface area contributed by atoms with Crippen molar-refractivity contribution >= 4 is 28.7 Å². The number of nitrogen functional groups attached to an aromatic ring is 1. The monoisotopic (exact) mass is 573 g/mol. The van der Waals surface area contributed by atoms with Gasteiger partial charge in [-0.2, -0.15) is 18.3 Å². The lowest BCUT2D eigenvalue weighted by Crippen LogP contribution is -2.36. The molecule has 0 saturated carbocycles. The largest absolute Gasteiger partial charge is 0.416 e. The number of nitrogens with one attached hydrogen (secondary N) is 2. The highest BCUT2D eigenvalue weighted by atomic mass is 19.4. The summed E-state index contributed by atoms with van der Waals surface area (Å²) in [5.74, 6) is -0.571. The Balaban J connectivity index is 1.46. The van der Waals surface area contributed by atoms with Gasteiger partial charge >= 0.3 is 12.2 Å². The van der Waals surface area contributed by atoms with Gasteiger partial charge < -0.3 is 25.8 Å². The third-order valence-electron chi connectivity index (χ3n) is 6.68. The fourth-order valence-electron chi connectivity index (χ4n) is 4.79. The highest BCUT2D eigenvalue weighted by Crippen LogP contribution is 2.37. The summed E-state index contributed by atoms with van der Waals surface area (Å²) in [4.78, 5) is 18.8. The molecule has 4 N–H and O–H groups in total. The van der Waals surface area contributed by atoms with Crippen LogP contribution in [0.4, 0.5) is 39.5 Å². The molecule has 216 valence electrons. The van der Waals surface area contributed by atoms with Crippen molar-refractivity contribution in [1.82, 2.24) is 19.5 Å². The molecule has 41 heavy (non-hydrogen) atoms. The van der Waals surface area contributed by atoms with E-state index in [0.717, 1.165) is 42.5 Å². The molecule has 1 aliphatic heterocycles. The Labute approximate surface area is 232 Å². The van der Waals surface area contributed by atoms with Gasteiger partial charge in [0, 0.05) is 43.6 Å². The molecule has 0 spiro atoms. The number of aromatic nitrogens is 3. The van der Waals surface area contributed by atoms with Crippen LogP contribution in [0.5, 0.6) is 0 Å². The Morgan fingerprint density at radius 1 is 1.15 bits per heavy atom. The van der Waals surface area contributed by atoms with Crippen LogP contribution in [0.2, 0.25) is 0 Å². The van der Waals surface area contributed by atoms with E-state index < -0.39 is 23.6 Å². The molecule has 2 aromatic heterocycles. The normalized spacial score (nSPS) is 14.4. The molecule has 1 aliphatic rings. The number of methoxy groups -OCH3 is 1. The number of morpholine rings is 1. The minimum Gasteiger partial charge on any atom is -0.382 e. The van der Waals surface area contributed by atoms with Gasteiger partial charge in [0.1, 0.15) is 17.7 Å². The van der Waals surface area contributed by atoms with Crippen molar-refractivity contribution < 1.29 is 31.8 Å². The molecule has 1 saturated heterocycles. The van der Waals surface area contributed by atoms with Crippen molar-refractivity contribution in [3.63, 3.8) is 0 Å². The van der Waals surface area contributed by atoms with Gasteiger partial charge in [-0.3, -0.25) is 4.90 Å². The summed E-state index contributed by atoms with van der Waals surface area (Å²) in [6, 6.07) is 7.42. The number of fused-ring (bicyclic) bond motifs is 1. The first-order valence-corrected chi connectivity index (χ1v) is 12.6. The maximum absolute atomic E-state index is 15.3. The van der Waals surface area contributed by atoms with Crippen LogP contribution in [0.15, 0.2) is 48.8 Å². The number of ether oxygens (including phenoxy) is 2. The van der Waals surface area contributed by atoms with Crippen molar-refractivity contribution in [2.45, 2.75) is 19.3 Å². The third-order valence-corrected chi connectivity index (χ3v) is 6.68. The van der Waals surface area contributed by atoms with Gasteiger partial charge in [-0.05, 0) is 35.9 Å². The molecule has 0 unspecified atom stereocenters. The standard InChI is InChI=1S/C27H27F4N7O3/c1-40-14-19-22(13-37-7-9-41-10-8-37)38-24(25(32)33-15-34-38)23(19)16-5-6-21(20(28)11-16)36-26(39)35-18-4-2-3-17(12-18)27(29,30)31/h2-6,11-12,15H,7-10,13-14H2,1H3,(H2,32,33,34)(H2,35,36,39). The number of anilines is 3. The van der Waals surface area contributed by atoms with Gasteiger partial charge in [-0.25, -0.2) is 18.7 Å². The zero-order valence-corrected chi connectivity index (χ0v) is 22.0. The molecule has 0 aliphatic carbocycles. The highest BCUT2D eigenvalue weighted by molar-refractivity contribution is 6.00. The predicted molar refractivity (Wildman–Crippen MR) is 144 cm³/mol. The summed E-state index contributed by atoms with van der Waals surface area (Å²) in [7, 11) is 1.55. The minimum absolute atomic E-state index is 0.0953. The lowest BCUT2D eigenvalue weighted by atomic mass is 10.0. The van der Waals surface area contributed by atoms with Gasteiger partial charge in [0.2, 0.25) is 0 Å². The molecule has 3 heterocycles. The van der Waals surface area contributed by atoms with Gasteiger partial charge in [0.05, 0.1) is 36.8 Å². The number of nitrogens with zero attached hydrogens (tertiary/aromatic N) is 4. The molecule has 14 heteroatoms. The minimum atomic E-state index is -4.57. The molecule has 2 aromatic carbocycles. The summed E-state index contributed by atoms with van der Waals surface area (Å²) in [5.41, 5.74) is 8.19. The Morgan fingerprint density at radius 3 is 2.63 bits per heavy atom. The quantitative estimate of drug-likeness (QED) is 0.273. The van der Waals surface area contributed by atoms with Gasteiger partial charge in [0.25, 0.3) is 0 Å². The van der Waals surface area contributed by atoms with Crippen LogP contribution in [0.25, 0.3) is 16.6 Å². The van der Waals surface area contributed by atoms with E-state index in [-0.39, 0.29) is 23.8 Å². The molecule has 0 bridgehead atoms. The molecule has 1 fully saturated rings. The Bertz CT molecular complexity index is 1570. The molecular formula is C27H27F4N7O3. The van der Waals surface area contributed by atoms with Crippen LogP contribution < -0.4 is 16.4 Å². The van der Waals surface area contributed by atoms with E-state index in [0.29, 0.717) is 36.4 Å². The second-order valence-corrected chi connectivity index (χ2v) is 9.38. The number of benzene rings is 2. The van der Waals surface area contributed by atoms with E-state index in [4.69, 9.17) is 15.2 Å². The first-order valence-electron chi connectivity index (χ1n) is 12.6. The van der Waals surface area contributed by atoms with Crippen LogP contribution in [-0.2, 0) is 28.8 Å². The topological polar surface area (TPSA) is 119 Å². The Kier molecular flexibility index (Phi) is 8.06. The van der Waals surface area contributed by atoms with Crippen LogP contribution in [0, 0.1) is 5.82 Å². The predicted octanol–water partition coefficient (Wildman–Crippen LogP) is 4.76. The number of rotatable bonds is 7. The number of nitrogens with two attached hydrogens (primary N) is 1. The molecule has 0 atom stereocenters. The van der Waals surface area contributed by atoms with Crippen molar-refractivity contribution in [2.24, 2.45) is 0 Å². The zero-order chi connectivity index (χ0) is 29.1. The fraction of sp³-hybridized carbons (Fsp3) is 0.296. The van der Waals surface area contributed by atoms with Crippen LogP contribution >= 0.6 is 0 Å². The first kappa shape index (κ1) is 28.3. The summed E-state index contributed by atoms with van der Waals surface area (Å²) < 4.78 is 67.0. The Hall–Kier alpha value is -4.27. The van der Waals surface area contributed by atoms with E-state index in [1.165, 1.54) is 24.5 Å². The number of amides is 2. The summed E-state index contributed by atoms with van der Waals surface area (Å²) in [6.45, 7) is 3.39. The molecular weight excluding hydrogens is 546 g/mol. The molecule has 10 nitrogen and oxygen atoms in total. The van der Waals surface area contributed by atoms with Crippen molar-refractivity contribution in [1.29, 1.82) is 0 Å². The van der Waals surface area contributed by atoms with E-state index in [1.807, 2.05) is 0 Å². The summed E-state index contributed by atoms with van der Waals surface area (Å²) in [6.07, 6.45) is -3.22. The lowest BCUT2D eigenvalue weighted by molar-refractivity contribution is -0.137. The van der Waals surface area contributed by atoms with Gasteiger partial charge in [0.15, 0.2) is 5.82 Å². The fourth-order valence-corrected chi connectivity index (χ4v) is 4.79.